The smallest absolute Gasteiger partial charge is 0.430 e. The summed E-state index contributed by atoms with van der Waals surface area (Å²) in [6, 6.07) is 8.13. The number of anilines is 1. The molecule has 1 aromatic rings. The van der Waals surface area contributed by atoms with Gasteiger partial charge in [-0.25, -0.2) is 0 Å². The van der Waals surface area contributed by atoms with Crippen molar-refractivity contribution in [1.82, 2.24) is 4.90 Å². The summed E-state index contributed by atoms with van der Waals surface area (Å²) in [6.45, 7) is 2.37. The zero-order chi connectivity index (χ0) is 30.3. The standard InChI is InChI=1S/C33H42Cl2N4O4/c34-27-11-6-23(21-28(27)35)7-12-30(32(41)38-19-15-26(36)16-20-38)43-33(42)39-17-13-22(14-18-39)5-8-25-10-9-24-3-1-2-4-29(24)37-31(25)40/h1-4,6-7,11-12,21-22,25-28,30H,5,8-10,13-20,36H2,(H,37,40)/p+1. The molecule has 0 saturated carbocycles. The van der Waals surface area contributed by atoms with Gasteiger partial charge in [0, 0.05) is 43.6 Å². The largest absolute Gasteiger partial charge is 0.547 e. The third-order valence-corrected chi connectivity index (χ3v) is 10.1. The first kappa shape index (κ1) is 31.6. The first-order valence-corrected chi connectivity index (χ1v) is 16.4. The average Bonchev–Trinajstić information content (AvgIpc) is 3.17. The molecule has 4 unspecified atom stereocenters. The van der Waals surface area contributed by atoms with Crippen molar-refractivity contribution >= 4 is 46.8 Å². The van der Waals surface area contributed by atoms with Crippen LogP contribution in [0.5, 0.6) is 0 Å². The summed E-state index contributed by atoms with van der Waals surface area (Å²) in [5.74, 6) is 0.392. The number of aliphatic hydroxyl groups is 1. The van der Waals surface area contributed by atoms with Crippen molar-refractivity contribution in [2.75, 3.05) is 31.5 Å². The Morgan fingerprint density at radius 2 is 1.86 bits per heavy atom. The van der Waals surface area contributed by atoms with Gasteiger partial charge in [-0.15, -0.1) is 23.2 Å². The van der Waals surface area contributed by atoms with Crippen LogP contribution < -0.4 is 11.1 Å². The number of carbonyl (C=O) groups is 2. The lowest BCUT2D eigenvalue weighted by Gasteiger charge is -2.31. The number of amides is 2. The van der Waals surface area contributed by atoms with Crippen LogP contribution in [-0.2, 0) is 20.7 Å². The number of rotatable bonds is 7. The third kappa shape index (κ3) is 8.43. The van der Waals surface area contributed by atoms with Gasteiger partial charge in [0.1, 0.15) is 13.1 Å². The molecule has 4 N–H and O–H groups in total. The Morgan fingerprint density at radius 3 is 2.60 bits per heavy atom. The summed E-state index contributed by atoms with van der Waals surface area (Å²) in [5, 5.41) is 13.5. The fraction of sp³-hybridized carbons (Fsp3) is 0.545. The number of halogens is 2. The number of fused-ring (bicyclic) bond motifs is 1. The first-order chi connectivity index (χ1) is 20.8. The predicted molar refractivity (Wildman–Crippen MR) is 171 cm³/mol. The van der Waals surface area contributed by atoms with Gasteiger partial charge >= 0.3 is 6.08 Å². The van der Waals surface area contributed by atoms with Crippen LogP contribution in [0.3, 0.4) is 0 Å². The summed E-state index contributed by atoms with van der Waals surface area (Å²) in [6.07, 6.45) is 14.6. The third-order valence-electron chi connectivity index (χ3n) is 9.14. The highest BCUT2D eigenvalue weighted by atomic mass is 35.5. The molecule has 0 radical (unpaired) electrons. The van der Waals surface area contributed by atoms with Crippen molar-refractivity contribution in [1.29, 1.82) is 0 Å². The van der Waals surface area contributed by atoms with Crippen molar-refractivity contribution in [2.24, 2.45) is 17.6 Å². The van der Waals surface area contributed by atoms with E-state index in [2.05, 4.69) is 11.4 Å². The van der Waals surface area contributed by atoms with E-state index in [-0.39, 0.29) is 40.6 Å². The van der Waals surface area contributed by atoms with Gasteiger partial charge in [0.2, 0.25) is 12.0 Å². The van der Waals surface area contributed by atoms with Gasteiger partial charge in [-0.2, -0.15) is 4.58 Å². The maximum atomic E-state index is 13.5. The zero-order valence-corrected chi connectivity index (χ0v) is 26.1. The Hall–Kier alpha value is -2.81. The molecule has 2 saturated heterocycles. The van der Waals surface area contributed by atoms with E-state index in [4.69, 9.17) is 33.7 Å². The highest BCUT2D eigenvalue weighted by Gasteiger charge is 2.33. The second-order valence-electron chi connectivity index (χ2n) is 12.1. The van der Waals surface area contributed by atoms with E-state index in [0.29, 0.717) is 32.1 Å². The summed E-state index contributed by atoms with van der Waals surface area (Å²) >= 11 is 12.5. The van der Waals surface area contributed by atoms with E-state index >= 15 is 0 Å². The number of allylic oxidation sites excluding steroid dienone is 5. The van der Waals surface area contributed by atoms with Crippen LogP contribution >= 0.6 is 23.2 Å². The fourth-order valence-electron chi connectivity index (χ4n) is 6.29. The molecule has 3 aliphatic heterocycles. The Balaban J connectivity index is 1.17. The summed E-state index contributed by atoms with van der Waals surface area (Å²) < 4.78 is 7.75. The van der Waals surface area contributed by atoms with Gasteiger partial charge in [-0.05, 0) is 67.7 Å². The van der Waals surface area contributed by atoms with Crippen molar-refractivity contribution in [3.05, 3.63) is 65.8 Å². The molecule has 43 heavy (non-hydrogen) atoms. The van der Waals surface area contributed by atoms with Crippen LogP contribution in [0.2, 0.25) is 0 Å². The Kier molecular flexibility index (Phi) is 10.9. The number of benzene rings is 1. The van der Waals surface area contributed by atoms with Gasteiger partial charge < -0.3 is 25.8 Å². The average molecular weight is 631 g/mol. The molecule has 3 heterocycles. The SMILES string of the molecule is NC1CCN(C(=O)C(C=CC2=CC(Cl)C(Cl)C=C2)OC(O)=[N+]2CCC(CCC3CCc4ccccc4NC3=O)CC2)CC1. The second kappa shape index (κ2) is 14.8. The van der Waals surface area contributed by atoms with E-state index in [1.807, 2.05) is 36.4 Å². The van der Waals surface area contributed by atoms with Gasteiger partial charge in [-0.3, -0.25) is 9.59 Å². The van der Waals surface area contributed by atoms with Crippen LogP contribution in [0.25, 0.3) is 0 Å². The summed E-state index contributed by atoms with van der Waals surface area (Å²) in [4.78, 5) is 28.1. The number of para-hydroxylation sites is 1. The number of aliphatic hydroxyl groups excluding tert-OH is 1. The van der Waals surface area contributed by atoms with Crippen LogP contribution in [0.4, 0.5) is 5.69 Å². The number of aryl methyl sites for hydroxylation is 1. The molecule has 232 valence electrons. The number of piperidine rings is 2. The number of nitrogens with two attached hydrogens (primary N) is 1. The molecule has 5 rings (SSSR count). The molecule has 0 aromatic heterocycles. The number of carbonyl (C=O) groups excluding carboxylic acids is 2. The van der Waals surface area contributed by atoms with Crippen LogP contribution in [0, 0.1) is 11.8 Å². The molecule has 2 amide bonds. The minimum Gasteiger partial charge on any atom is -0.430 e. The minimum atomic E-state index is -0.985. The maximum absolute atomic E-state index is 13.5. The lowest BCUT2D eigenvalue weighted by molar-refractivity contribution is -0.557. The molecular weight excluding hydrogens is 587 g/mol. The van der Waals surface area contributed by atoms with Crippen molar-refractivity contribution in [3.63, 3.8) is 0 Å². The molecule has 4 atom stereocenters. The van der Waals surface area contributed by atoms with Crippen molar-refractivity contribution < 1.29 is 24.0 Å². The van der Waals surface area contributed by atoms with E-state index in [0.717, 1.165) is 62.6 Å². The summed E-state index contributed by atoms with van der Waals surface area (Å²) in [7, 11) is 0. The normalized spacial score (nSPS) is 27.2. The van der Waals surface area contributed by atoms with Crippen LogP contribution in [-0.4, -0.2) is 81.6 Å². The molecule has 2 fully saturated rings. The number of nitrogens with zero attached hydrogens (tertiary/aromatic N) is 2. The van der Waals surface area contributed by atoms with Gasteiger partial charge in [0.15, 0.2) is 0 Å². The van der Waals surface area contributed by atoms with Crippen molar-refractivity contribution in [3.8, 4) is 0 Å². The number of ether oxygens (including phenoxy) is 1. The predicted octanol–water partition coefficient (Wildman–Crippen LogP) is 4.91. The molecule has 0 spiro atoms. The Morgan fingerprint density at radius 1 is 1.12 bits per heavy atom. The Labute approximate surface area is 264 Å². The lowest BCUT2D eigenvalue weighted by atomic mass is 9.87. The van der Waals surface area contributed by atoms with Crippen LogP contribution in [0.15, 0.2) is 60.2 Å². The molecular formula is C33H43Cl2N4O4+. The van der Waals surface area contributed by atoms with E-state index < -0.39 is 6.10 Å². The van der Waals surface area contributed by atoms with Gasteiger partial charge in [0.25, 0.3) is 5.91 Å². The quantitative estimate of drug-likeness (QED) is 0.226. The molecule has 8 nitrogen and oxygen atoms in total. The fourth-order valence-corrected chi connectivity index (χ4v) is 6.67. The van der Waals surface area contributed by atoms with E-state index in [1.165, 1.54) is 5.56 Å². The zero-order valence-electron chi connectivity index (χ0n) is 24.5. The number of hydrogen-bond acceptors (Lipinski definition) is 4. The minimum absolute atomic E-state index is 0.00940. The lowest BCUT2D eigenvalue weighted by Crippen LogP contribution is -2.48. The summed E-state index contributed by atoms with van der Waals surface area (Å²) in [5.41, 5.74) is 9.01. The highest BCUT2D eigenvalue weighted by Crippen LogP contribution is 2.30. The van der Waals surface area contributed by atoms with Gasteiger partial charge in [0.05, 0.1) is 10.8 Å². The van der Waals surface area contributed by atoms with E-state index in [9.17, 15) is 14.7 Å². The highest BCUT2D eigenvalue weighted by molar-refractivity contribution is 6.32. The first-order valence-electron chi connectivity index (χ1n) is 15.5. The number of hydrogen-bond donors (Lipinski definition) is 3. The molecule has 4 aliphatic rings. The Bertz CT molecular complexity index is 1280. The number of likely N-dealkylation sites (tertiary alicyclic amines) is 1. The topological polar surface area (TPSA) is 108 Å². The van der Waals surface area contributed by atoms with Crippen LogP contribution in [0.1, 0.15) is 50.5 Å². The maximum Gasteiger partial charge on any atom is 0.547 e. The molecule has 0 bridgehead atoms. The number of alkyl halides is 2. The van der Waals surface area contributed by atoms with Crippen molar-refractivity contribution in [2.45, 2.75) is 74.3 Å². The second-order valence-corrected chi connectivity index (χ2v) is 13.2. The molecule has 10 heteroatoms. The number of nitrogens with one attached hydrogen (secondary N) is 1. The molecule has 1 aliphatic carbocycles. The molecule has 1 aromatic carbocycles. The van der Waals surface area contributed by atoms with Gasteiger partial charge in [-0.1, -0.05) is 42.5 Å². The van der Waals surface area contributed by atoms with E-state index in [1.54, 1.807) is 21.6 Å². The monoisotopic (exact) mass is 629 g/mol.